The maximum atomic E-state index is 12.5. The van der Waals surface area contributed by atoms with E-state index in [0.717, 1.165) is 13.0 Å². The van der Waals surface area contributed by atoms with Gasteiger partial charge in [-0.3, -0.25) is 9.59 Å². The molecule has 0 spiro atoms. The van der Waals surface area contributed by atoms with Gasteiger partial charge in [-0.05, 0) is 25.1 Å². The second-order valence-electron chi connectivity index (χ2n) is 7.30. The normalized spacial score (nSPS) is 17.3. The molecule has 0 aliphatic carbocycles. The third-order valence-electron chi connectivity index (χ3n) is 5.08. The molecule has 1 aromatic carbocycles. The van der Waals surface area contributed by atoms with Crippen molar-refractivity contribution in [3.63, 3.8) is 0 Å². The minimum Gasteiger partial charge on any atom is -0.305 e. The lowest BCUT2D eigenvalue weighted by molar-refractivity contribution is -0.121. The van der Waals surface area contributed by atoms with Gasteiger partial charge in [0, 0.05) is 0 Å². The van der Waals surface area contributed by atoms with Gasteiger partial charge < -0.3 is 5.32 Å². The number of para-hydroxylation sites is 1. The third-order valence-corrected chi connectivity index (χ3v) is 5.08. The molecule has 0 saturated carbocycles. The molecule has 1 aromatic rings. The number of hydrogen-bond donors (Lipinski definition) is 1. The first-order chi connectivity index (χ1) is 12.7. The summed E-state index contributed by atoms with van der Waals surface area (Å²) in [6.07, 6.45) is 13.3. The highest BCUT2D eigenvalue weighted by Gasteiger charge is 2.38. The van der Waals surface area contributed by atoms with Crippen LogP contribution in [0.25, 0.3) is 0 Å². The van der Waals surface area contributed by atoms with Crippen LogP contribution in [0.2, 0.25) is 0 Å². The molecule has 1 aliphatic heterocycles. The van der Waals surface area contributed by atoms with Crippen molar-refractivity contribution in [2.75, 3.05) is 11.4 Å². The average Bonchev–Trinajstić information content (AvgIpc) is 2.94. The summed E-state index contributed by atoms with van der Waals surface area (Å²) in [6.45, 7) is 3.06. The van der Waals surface area contributed by atoms with E-state index >= 15 is 0 Å². The Bertz CT molecular complexity index is 544. The number of hydrogen-bond acceptors (Lipinski definition) is 3. The largest absolute Gasteiger partial charge is 0.305 e. The summed E-state index contributed by atoms with van der Waals surface area (Å²) < 4.78 is 0. The third kappa shape index (κ3) is 6.56. The van der Waals surface area contributed by atoms with Crippen LogP contribution in [0, 0.1) is 0 Å². The van der Waals surface area contributed by atoms with Gasteiger partial charge in [0.1, 0.15) is 0 Å². The summed E-state index contributed by atoms with van der Waals surface area (Å²) in [5.74, 6) is -0.227. The van der Waals surface area contributed by atoms with Crippen LogP contribution in [0.3, 0.4) is 0 Å². The molecule has 144 valence electrons. The summed E-state index contributed by atoms with van der Waals surface area (Å²) in [5.41, 5.74) is 0.672. The van der Waals surface area contributed by atoms with Crippen LogP contribution in [0.4, 0.5) is 5.69 Å². The molecule has 26 heavy (non-hydrogen) atoms. The number of amides is 2. The van der Waals surface area contributed by atoms with Crippen molar-refractivity contribution < 1.29 is 9.59 Å². The number of carbonyl (C=O) groups excluding carboxylic acids is 2. The van der Waals surface area contributed by atoms with E-state index in [2.05, 4.69) is 12.2 Å². The molecular formula is C22H34N2O2. The Balaban J connectivity index is 1.55. The van der Waals surface area contributed by atoms with Crippen molar-refractivity contribution in [3.05, 3.63) is 30.3 Å². The fourth-order valence-electron chi connectivity index (χ4n) is 3.53. The molecule has 1 N–H and O–H groups in total. The molecule has 0 bridgehead atoms. The predicted molar refractivity (Wildman–Crippen MR) is 107 cm³/mol. The Labute approximate surface area is 158 Å². The van der Waals surface area contributed by atoms with E-state index in [1.54, 1.807) is 12.1 Å². The number of unbranched alkanes of at least 4 members (excludes halogenated alkanes) is 9. The van der Waals surface area contributed by atoms with Gasteiger partial charge >= 0.3 is 0 Å². The molecule has 4 heteroatoms. The SMILES string of the molecule is CCCCCCCCCCCCNC1CC(=O)N(c2ccccc2)C1=O. The quantitative estimate of drug-likeness (QED) is 0.406. The van der Waals surface area contributed by atoms with Crippen LogP contribution >= 0.6 is 0 Å². The molecular weight excluding hydrogens is 324 g/mol. The van der Waals surface area contributed by atoms with Crippen LogP contribution in [-0.4, -0.2) is 24.4 Å². The smallest absolute Gasteiger partial charge is 0.251 e. The highest BCUT2D eigenvalue weighted by Crippen LogP contribution is 2.22. The summed E-state index contributed by atoms with van der Waals surface area (Å²) in [4.78, 5) is 25.9. The van der Waals surface area contributed by atoms with E-state index in [1.165, 1.54) is 62.7 Å². The standard InChI is InChI=1S/C22H34N2O2/c1-2-3-4-5-6-7-8-9-10-14-17-23-20-18-21(25)24(22(20)26)19-15-12-11-13-16-19/h11-13,15-16,20,23H,2-10,14,17-18H2,1H3. The highest BCUT2D eigenvalue weighted by atomic mass is 16.2. The molecule has 1 atom stereocenters. The topological polar surface area (TPSA) is 49.4 Å². The average molecular weight is 359 g/mol. The fraction of sp³-hybridized carbons (Fsp3) is 0.636. The van der Waals surface area contributed by atoms with Crippen molar-refractivity contribution in [2.45, 2.75) is 83.6 Å². The van der Waals surface area contributed by atoms with Crippen molar-refractivity contribution in [1.82, 2.24) is 5.32 Å². The van der Waals surface area contributed by atoms with E-state index in [4.69, 9.17) is 0 Å². The van der Waals surface area contributed by atoms with Gasteiger partial charge in [-0.1, -0.05) is 82.9 Å². The number of benzene rings is 1. The molecule has 1 saturated heterocycles. The lowest BCUT2D eigenvalue weighted by Crippen LogP contribution is -2.39. The van der Waals surface area contributed by atoms with E-state index in [-0.39, 0.29) is 24.3 Å². The van der Waals surface area contributed by atoms with Gasteiger partial charge in [-0.25, -0.2) is 4.90 Å². The Kier molecular flexibility index (Phi) is 9.40. The van der Waals surface area contributed by atoms with Gasteiger partial charge in [0.25, 0.3) is 5.91 Å². The van der Waals surface area contributed by atoms with Crippen molar-refractivity contribution in [3.8, 4) is 0 Å². The van der Waals surface area contributed by atoms with Gasteiger partial charge in [-0.2, -0.15) is 0 Å². The molecule has 2 rings (SSSR count). The number of nitrogens with zero attached hydrogens (tertiary/aromatic N) is 1. The second-order valence-corrected chi connectivity index (χ2v) is 7.30. The molecule has 1 fully saturated rings. The number of carbonyl (C=O) groups is 2. The van der Waals surface area contributed by atoms with Crippen LogP contribution in [-0.2, 0) is 9.59 Å². The summed E-state index contributed by atoms with van der Waals surface area (Å²) >= 11 is 0. The van der Waals surface area contributed by atoms with Crippen LogP contribution in [0.5, 0.6) is 0 Å². The van der Waals surface area contributed by atoms with E-state index in [9.17, 15) is 9.59 Å². The van der Waals surface area contributed by atoms with E-state index < -0.39 is 0 Å². The summed E-state index contributed by atoms with van der Waals surface area (Å²) in [7, 11) is 0. The zero-order chi connectivity index (χ0) is 18.6. The Hall–Kier alpha value is -1.68. The van der Waals surface area contributed by atoms with E-state index in [1.807, 2.05) is 18.2 Å². The van der Waals surface area contributed by atoms with E-state index in [0.29, 0.717) is 5.69 Å². The molecule has 1 unspecified atom stereocenters. The second kappa shape index (κ2) is 11.8. The Morgan fingerprint density at radius 1 is 0.885 bits per heavy atom. The number of rotatable bonds is 13. The summed E-state index contributed by atoms with van der Waals surface area (Å²) in [5, 5.41) is 3.27. The lowest BCUT2D eigenvalue weighted by atomic mass is 10.1. The van der Waals surface area contributed by atoms with Gasteiger partial charge in [0.2, 0.25) is 5.91 Å². The minimum absolute atomic E-state index is 0.109. The number of imide groups is 1. The highest BCUT2D eigenvalue weighted by molar-refractivity contribution is 6.22. The predicted octanol–water partition coefficient (Wildman–Crippen LogP) is 4.83. The maximum Gasteiger partial charge on any atom is 0.251 e. The van der Waals surface area contributed by atoms with Crippen LogP contribution in [0.15, 0.2) is 30.3 Å². The van der Waals surface area contributed by atoms with Gasteiger partial charge in [0.05, 0.1) is 18.2 Å². The monoisotopic (exact) mass is 358 g/mol. The molecule has 4 nitrogen and oxygen atoms in total. The first-order valence-electron chi connectivity index (χ1n) is 10.4. The van der Waals surface area contributed by atoms with Crippen molar-refractivity contribution >= 4 is 17.5 Å². The zero-order valence-electron chi connectivity index (χ0n) is 16.2. The Morgan fingerprint density at radius 2 is 1.46 bits per heavy atom. The van der Waals surface area contributed by atoms with Crippen molar-refractivity contribution in [1.29, 1.82) is 0 Å². The molecule has 2 amide bonds. The lowest BCUT2D eigenvalue weighted by Gasteiger charge is -2.15. The molecule has 0 radical (unpaired) electrons. The number of anilines is 1. The molecule has 1 heterocycles. The van der Waals surface area contributed by atoms with Crippen LogP contribution < -0.4 is 10.2 Å². The van der Waals surface area contributed by atoms with Gasteiger partial charge in [0.15, 0.2) is 0 Å². The van der Waals surface area contributed by atoms with Crippen molar-refractivity contribution in [2.24, 2.45) is 0 Å². The minimum atomic E-state index is -0.360. The fourth-order valence-corrected chi connectivity index (χ4v) is 3.53. The summed E-state index contributed by atoms with van der Waals surface area (Å²) in [6, 6.07) is 8.83. The zero-order valence-corrected chi connectivity index (χ0v) is 16.2. The van der Waals surface area contributed by atoms with Crippen LogP contribution in [0.1, 0.15) is 77.6 Å². The molecule has 1 aliphatic rings. The Morgan fingerprint density at radius 3 is 2.08 bits per heavy atom. The molecule has 0 aromatic heterocycles. The maximum absolute atomic E-state index is 12.5. The van der Waals surface area contributed by atoms with Gasteiger partial charge in [-0.15, -0.1) is 0 Å². The number of nitrogens with one attached hydrogen (secondary N) is 1. The first kappa shape index (κ1) is 20.6. The first-order valence-corrected chi connectivity index (χ1v) is 10.4.